The second-order valence-corrected chi connectivity index (χ2v) is 7.70. The van der Waals surface area contributed by atoms with Gasteiger partial charge in [-0.2, -0.15) is 0 Å². The molecule has 0 fully saturated rings. The number of nitrogens with one attached hydrogen (secondary N) is 1. The molecule has 3 rings (SSSR count). The van der Waals surface area contributed by atoms with Gasteiger partial charge in [-0.05, 0) is 40.0 Å². The van der Waals surface area contributed by atoms with Crippen molar-refractivity contribution in [2.75, 3.05) is 30.9 Å². The Bertz CT molecular complexity index is 1170. The summed E-state index contributed by atoms with van der Waals surface area (Å²) in [5.41, 5.74) is 6.08. The molecule has 31 heavy (non-hydrogen) atoms. The van der Waals surface area contributed by atoms with Gasteiger partial charge in [0.25, 0.3) is 11.5 Å². The van der Waals surface area contributed by atoms with Gasteiger partial charge in [-0.1, -0.05) is 42.5 Å². The number of hydrogen-bond acceptors (Lipinski definition) is 5. The van der Waals surface area contributed by atoms with Gasteiger partial charge in [0.2, 0.25) is 0 Å². The minimum Gasteiger partial charge on any atom is -0.385 e. The first-order chi connectivity index (χ1) is 14.9. The van der Waals surface area contributed by atoms with Crippen molar-refractivity contribution in [3.05, 3.63) is 91.0 Å². The molecule has 3 aromatic rings. The molecule has 0 aliphatic heterocycles. The lowest BCUT2D eigenvalue weighted by Crippen LogP contribution is -2.42. The third-order valence-corrected chi connectivity index (χ3v) is 5.44. The van der Waals surface area contributed by atoms with Crippen LogP contribution in [-0.2, 0) is 11.3 Å². The smallest absolute Gasteiger partial charge is 0.330 e. The molecule has 1 heterocycles. The summed E-state index contributed by atoms with van der Waals surface area (Å²) < 4.78 is 6.94. The number of carbonyl (C=O) groups excluding carboxylic acids is 1. The number of nitrogen functional groups attached to an aromatic ring is 1. The van der Waals surface area contributed by atoms with Crippen LogP contribution in [-0.4, -0.2) is 35.7 Å². The average Bonchev–Trinajstić information content (AvgIpc) is 2.76. The SMILES string of the molecule is COCCCN(C(=O)c1ccccc1Br)c1c(N)n(Cc2ccccc2)c(=O)[nH]c1=O. The van der Waals surface area contributed by atoms with Gasteiger partial charge in [0.15, 0.2) is 5.69 Å². The van der Waals surface area contributed by atoms with E-state index in [0.29, 0.717) is 23.1 Å². The molecule has 0 saturated carbocycles. The number of carbonyl (C=O) groups is 1. The first-order valence-electron chi connectivity index (χ1n) is 9.66. The Morgan fingerprint density at radius 3 is 2.48 bits per heavy atom. The molecule has 0 unspecified atom stereocenters. The van der Waals surface area contributed by atoms with Gasteiger partial charge in [0.1, 0.15) is 5.82 Å². The molecule has 0 saturated heterocycles. The van der Waals surface area contributed by atoms with Crippen molar-refractivity contribution in [3.63, 3.8) is 0 Å². The Hall–Kier alpha value is -3.17. The maximum atomic E-state index is 13.4. The number of amides is 1. The molecular formula is C22H23BrN4O4. The number of methoxy groups -OCH3 is 1. The molecule has 1 amide bonds. The molecule has 8 nitrogen and oxygen atoms in total. The standard InChI is InChI=1S/C22H23BrN4O4/c1-31-13-7-12-26(21(29)16-10-5-6-11-17(16)23)18-19(24)27(22(30)25-20(18)28)14-15-8-3-2-4-9-15/h2-6,8-11H,7,12-14,24H2,1H3,(H,25,28,30). The van der Waals surface area contributed by atoms with Crippen LogP contribution in [0.25, 0.3) is 0 Å². The van der Waals surface area contributed by atoms with E-state index >= 15 is 0 Å². The maximum Gasteiger partial charge on any atom is 0.330 e. The topological polar surface area (TPSA) is 110 Å². The minimum atomic E-state index is -0.718. The summed E-state index contributed by atoms with van der Waals surface area (Å²) in [6.45, 7) is 0.733. The van der Waals surface area contributed by atoms with E-state index in [1.807, 2.05) is 30.3 Å². The lowest BCUT2D eigenvalue weighted by atomic mass is 10.1. The van der Waals surface area contributed by atoms with E-state index in [4.69, 9.17) is 10.5 Å². The van der Waals surface area contributed by atoms with Crippen LogP contribution in [0, 0.1) is 0 Å². The van der Waals surface area contributed by atoms with Crippen molar-refractivity contribution in [3.8, 4) is 0 Å². The van der Waals surface area contributed by atoms with Gasteiger partial charge in [0.05, 0.1) is 12.1 Å². The predicted octanol–water partition coefficient (Wildman–Crippen LogP) is 2.61. The largest absolute Gasteiger partial charge is 0.385 e. The van der Waals surface area contributed by atoms with Crippen LogP contribution < -0.4 is 21.9 Å². The number of benzene rings is 2. The third kappa shape index (κ3) is 5.12. The molecular weight excluding hydrogens is 464 g/mol. The van der Waals surface area contributed by atoms with Gasteiger partial charge < -0.3 is 15.4 Å². The Morgan fingerprint density at radius 1 is 1.13 bits per heavy atom. The average molecular weight is 487 g/mol. The number of halogens is 1. The Labute approximate surface area is 187 Å². The Balaban J connectivity index is 2.10. The summed E-state index contributed by atoms with van der Waals surface area (Å²) in [7, 11) is 1.56. The van der Waals surface area contributed by atoms with Gasteiger partial charge >= 0.3 is 5.69 Å². The van der Waals surface area contributed by atoms with E-state index in [1.54, 1.807) is 31.4 Å². The fourth-order valence-electron chi connectivity index (χ4n) is 3.22. The fraction of sp³-hybridized carbons (Fsp3) is 0.227. The van der Waals surface area contributed by atoms with E-state index in [0.717, 1.165) is 5.56 Å². The summed E-state index contributed by atoms with van der Waals surface area (Å²) in [5.74, 6) is -0.485. The summed E-state index contributed by atoms with van der Waals surface area (Å²) in [4.78, 5) is 42.2. The van der Waals surface area contributed by atoms with E-state index in [9.17, 15) is 14.4 Å². The Kier molecular flexibility index (Phi) is 7.43. The zero-order valence-electron chi connectivity index (χ0n) is 17.0. The first kappa shape index (κ1) is 22.5. The number of nitrogens with zero attached hydrogens (tertiary/aromatic N) is 2. The number of aromatic amines is 1. The van der Waals surface area contributed by atoms with Crippen molar-refractivity contribution in [2.24, 2.45) is 0 Å². The molecule has 0 spiro atoms. The highest BCUT2D eigenvalue weighted by atomic mass is 79.9. The monoisotopic (exact) mass is 486 g/mol. The van der Waals surface area contributed by atoms with Gasteiger partial charge in [-0.3, -0.25) is 19.1 Å². The maximum absolute atomic E-state index is 13.4. The molecule has 1 aromatic heterocycles. The zero-order valence-corrected chi connectivity index (χ0v) is 18.6. The summed E-state index contributed by atoms with van der Waals surface area (Å²) in [6, 6.07) is 16.2. The van der Waals surface area contributed by atoms with Crippen LogP contribution in [0.4, 0.5) is 11.5 Å². The first-order valence-corrected chi connectivity index (χ1v) is 10.4. The molecule has 0 bridgehead atoms. The van der Waals surface area contributed by atoms with Gasteiger partial charge in [0, 0.05) is 24.7 Å². The highest BCUT2D eigenvalue weighted by molar-refractivity contribution is 9.10. The number of ether oxygens (including phenoxy) is 1. The van der Waals surface area contributed by atoms with Crippen molar-refractivity contribution in [1.82, 2.24) is 9.55 Å². The third-order valence-electron chi connectivity index (χ3n) is 4.75. The molecule has 0 aliphatic rings. The molecule has 2 aromatic carbocycles. The summed E-state index contributed by atoms with van der Waals surface area (Å²) in [5, 5.41) is 0. The van der Waals surface area contributed by atoms with E-state index < -0.39 is 17.2 Å². The normalized spacial score (nSPS) is 10.8. The van der Waals surface area contributed by atoms with Crippen LogP contribution in [0.15, 0.2) is 68.7 Å². The van der Waals surface area contributed by atoms with Crippen LogP contribution in [0.5, 0.6) is 0 Å². The van der Waals surface area contributed by atoms with Crippen LogP contribution in [0.2, 0.25) is 0 Å². The second kappa shape index (κ2) is 10.2. The number of H-pyrrole nitrogens is 1. The van der Waals surface area contributed by atoms with E-state index in [1.165, 1.54) is 9.47 Å². The van der Waals surface area contributed by atoms with Crippen molar-refractivity contribution < 1.29 is 9.53 Å². The molecule has 9 heteroatoms. The Morgan fingerprint density at radius 2 is 1.81 bits per heavy atom. The van der Waals surface area contributed by atoms with Crippen molar-refractivity contribution in [1.29, 1.82) is 0 Å². The van der Waals surface area contributed by atoms with Crippen molar-refractivity contribution >= 4 is 33.3 Å². The van der Waals surface area contributed by atoms with Crippen LogP contribution >= 0.6 is 15.9 Å². The number of rotatable bonds is 8. The van der Waals surface area contributed by atoms with Gasteiger partial charge in [-0.15, -0.1) is 0 Å². The zero-order chi connectivity index (χ0) is 22.4. The molecule has 0 radical (unpaired) electrons. The van der Waals surface area contributed by atoms with Crippen LogP contribution in [0.1, 0.15) is 22.3 Å². The number of aromatic nitrogens is 2. The lowest BCUT2D eigenvalue weighted by Gasteiger charge is -2.25. The highest BCUT2D eigenvalue weighted by Gasteiger charge is 2.26. The molecule has 0 aliphatic carbocycles. The van der Waals surface area contributed by atoms with E-state index in [-0.39, 0.29) is 24.6 Å². The van der Waals surface area contributed by atoms with Crippen LogP contribution in [0.3, 0.4) is 0 Å². The fourth-order valence-corrected chi connectivity index (χ4v) is 3.68. The van der Waals surface area contributed by atoms with Crippen molar-refractivity contribution in [2.45, 2.75) is 13.0 Å². The predicted molar refractivity (Wildman–Crippen MR) is 124 cm³/mol. The van der Waals surface area contributed by atoms with Gasteiger partial charge in [-0.25, -0.2) is 4.79 Å². The van der Waals surface area contributed by atoms with E-state index in [2.05, 4.69) is 20.9 Å². The number of hydrogen-bond donors (Lipinski definition) is 2. The second-order valence-electron chi connectivity index (χ2n) is 6.85. The summed E-state index contributed by atoms with van der Waals surface area (Å²) >= 11 is 3.38. The highest BCUT2D eigenvalue weighted by Crippen LogP contribution is 2.24. The lowest BCUT2D eigenvalue weighted by molar-refractivity contribution is 0.0982. The number of anilines is 2. The molecule has 162 valence electrons. The molecule has 3 N–H and O–H groups in total. The summed E-state index contributed by atoms with van der Waals surface area (Å²) in [6.07, 6.45) is 0.476. The minimum absolute atomic E-state index is 0.0626. The number of nitrogens with two attached hydrogens (primary N) is 1. The molecule has 0 atom stereocenters. The quantitative estimate of drug-likeness (QED) is 0.475.